The van der Waals surface area contributed by atoms with Crippen molar-refractivity contribution in [3.8, 4) is 0 Å². The standard InChI is InChI=1S/C13H24N4/c1-4-12-8-13(17(5-2)15-12)10-16-7-6-14-11(3)9-16/h8,11,14H,4-7,9-10H2,1-3H3/t11-/m0/s1. The van der Waals surface area contributed by atoms with Crippen LogP contribution in [0.4, 0.5) is 0 Å². The fourth-order valence-electron chi connectivity index (χ4n) is 2.47. The maximum absolute atomic E-state index is 4.61. The molecule has 1 saturated heterocycles. The second-order valence-corrected chi connectivity index (χ2v) is 4.89. The molecule has 2 heterocycles. The van der Waals surface area contributed by atoms with E-state index in [1.54, 1.807) is 0 Å². The third kappa shape index (κ3) is 3.07. The second kappa shape index (κ2) is 5.65. The largest absolute Gasteiger partial charge is 0.312 e. The summed E-state index contributed by atoms with van der Waals surface area (Å²) in [5, 5.41) is 8.08. The number of nitrogens with zero attached hydrogens (tertiary/aromatic N) is 3. The topological polar surface area (TPSA) is 33.1 Å². The summed E-state index contributed by atoms with van der Waals surface area (Å²) in [5.74, 6) is 0. The van der Waals surface area contributed by atoms with Crippen LogP contribution in [0.5, 0.6) is 0 Å². The van der Waals surface area contributed by atoms with Gasteiger partial charge in [0, 0.05) is 38.8 Å². The average Bonchev–Trinajstić information content (AvgIpc) is 2.71. The highest BCUT2D eigenvalue weighted by Crippen LogP contribution is 2.10. The van der Waals surface area contributed by atoms with E-state index in [0.29, 0.717) is 6.04 Å². The molecule has 0 aromatic carbocycles. The first-order valence-corrected chi connectivity index (χ1v) is 6.74. The molecule has 1 N–H and O–H groups in total. The summed E-state index contributed by atoms with van der Waals surface area (Å²) >= 11 is 0. The van der Waals surface area contributed by atoms with Crippen molar-refractivity contribution < 1.29 is 0 Å². The second-order valence-electron chi connectivity index (χ2n) is 4.89. The molecular weight excluding hydrogens is 212 g/mol. The number of nitrogens with one attached hydrogen (secondary N) is 1. The Morgan fingerprint density at radius 1 is 1.47 bits per heavy atom. The Morgan fingerprint density at radius 2 is 2.29 bits per heavy atom. The van der Waals surface area contributed by atoms with E-state index in [-0.39, 0.29) is 0 Å². The van der Waals surface area contributed by atoms with Crippen LogP contribution in [0.3, 0.4) is 0 Å². The van der Waals surface area contributed by atoms with Gasteiger partial charge in [-0.3, -0.25) is 9.58 Å². The minimum Gasteiger partial charge on any atom is -0.312 e. The molecule has 2 rings (SSSR count). The quantitative estimate of drug-likeness (QED) is 0.854. The summed E-state index contributed by atoms with van der Waals surface area (Å²) in [6.45, 7) is 12.0. The molecule has 1 aromatic heterocycles. The van der Waals surface area contributed by atoms with Crippen LogP contribution >= 0.6 is 0 Å². The molecule has 0 amide bonds. The number of hydrogen-bond donors (Lipinski definition) is 1. The smallest absolute Gasteiger partial charge is 0.0625 e. The fraction of sp³-hybridized carbons (Fsp3) is 0.769. The Kier molecular flexibility index (Phi) is 4.18. The minimum absolute atomic E-state index is 0.604. The van der Waals surface area contributed by atoms with Gasteiger partial charge in [-0.2, -0.15) is 5.10 Å². The first kappa shape index (κ1) is 12.6. The van der Waals surface area contributed by atoms with Crippen LogP contribution < -0.4 is 5.32 Å². The van der Waals surface area contributed by atoms with Crippen LogP contribution in [0.1, 0.15) is 32.2 Å². The average molecular weight is 236 g/mol. The fourth-order valence-corrected chi connectivity index (χ4v) is 2.47. The summed E-state index contributed by atoms with van der Waals surface area (Å²) in [6.07, 6.45) is 1.03. The lowest BCUT2D eigenvalue weighted by atomic mass is 10.2. The molecule has 1 aromatic rings. The van der Waals surface area contributed by atoms with Crippen molar-refractivity contribution in [3.63, 3.8) is 0 Å². The summed E-state index contributed by atoms with van der Waals surface area (Å²) in [6, 6.07) is 2.86. The van der Waals surface area contributed by atoms with Crippen molar-refractivity contribution in [3.05, 3.63) is 17.5 Å². The van der Waals surface area contributed by atoms with Crippen LogP contribution in [0.15, 0.2) is 6.07 Å². The van der Waals surface area contributed by atoms with Gasteiger partial charge in [-0.15, -0.1) is 0 Å². The lowest BCUT2D eigenvalue weighted by Gasteiger charge is -2.31. The Balaban J connectivity index is 2.03. The lowest BCUT2D eigenvalue weighted by Crippen LogP contribution is -2.48. The van der Waals surface area contributed by atoms with E-state index >= 15 is 0 Å². The number of aryl methyl sites for hydroxylation is 2. The van der Waals surface area contributed by atoms with Crippen LogP contribution in [0.25, 0.3) is 0 Å². The maximum atomic E-state index is 4.61. The van der Waals surface area contributed by atoms with Gasteiger partial charge in [0.2, 0.25) is 0 Å². The van der Waals surface area contributed by atoms with Crippen molar-refractivity contribution in [1.82, 2.24) is 20.0 Å². The predicted octanol–water partition coefficient (Wildman–Crippen LogP) is 1.26. The zero-order chi connectivity index (χ0) is 12.3. The first-order valence-electron chi connectivity index (χ1n) is 6.74. The van der Waals surface area contributed by atoms with Gasteiger partial charge in [0.15, 0.2) is 0 Å². The van der Waals surface area contributed by atoms with Gasteiger partial charge in [-0.25, -0.2) is 0 Å². The van der Waals surface area contributed by atoms with E-state index in [1.165, 1.54) is 11.4 Å². The van der Waals surface area contributed by atoms with Crippen molar-refractivity contribution >= 4 is 0 Å². The Bertz CT molecular complexity index is 358. The molecule has 0 bridgehead atoms. The molecule has 0 radical (unpaired) electrons. The minimum atomic E-state index is 0.604. The van der Waals surface area contributed by atoms with Crippen molar-refractivity contribution in [2.75, 3.05) is 19.6 Å². The molecule has 17 heavy (non-hydrogen) atoms. The summed E-state index contributed by atoms with van der Waals surface area (Å²) in [7, 11) is 0. The van der Waals surface area contributed by atoms with Crippen molar-refractivity contribution in [2.45, 2.75) is 46.3 Å². The third-order valence-corrected chi connectivity index (χ3v) is 3.41. The van der Waals surface area contributed by atoms with Crippen molar-refractivity contribution in [1.29, 1.82) is 0 Å². The Labute approximate surface area is 104 Å². The normalized spacial score (nSPS) is 21.9. The van der Waals surface area contributed by atoms with Gasteiger partial charge in [-0.1, -0.05) is 6.92 Å². The van der Waals surface area contributed by atoms with Crippen molar-refractivity contribution in [2.24, 2.45) is 0 Å². The van der Waals surface area contributed by atoms with Crippen LogP contribution in [0, 0.1) is 0 Å². The zero-order valence-corrected chi connectivity index (χ0v) is 11.2. The van der Waals surface area contributed by atoms with Gasteiger partial charge in [0.25, 0.3) is 0 Å². The molecule has 1 aliphatic heterocycles. The monoisotopic (exact) mass is 236 g/mol. The number of hydrogen-bond acceptors (Lipinski definition) is 3. The molecular formula is C13H24N4. The highest BCUT2D eigenvalue weighted by molar-refractivity contribution is 5.10. The van der Waals surface area contributed by atoms with E-state index in [2.05, 4.69) is 46.8 Å². The SMILES string of the molecule is CCc1cc(CN2CCN[C@@H](C)C2)n(CC)n1. The van der Waals surface area contributed by atoms with Gasteiger partial charge < -0.3 is 5.32 Å². The number of piperazine rings is 1. The van der Waals surface area contributed by atoms with Gasteiger partial charge >= 0.3 is 0 Å². The first-order chi connectivity index (χ1) is 8.22. The van der Waals surface area contributed by atoms with Crippen LogP contribution in [-0.2, 0) is 19.5 Å². The molecule has 96 valence electrons. The molecule has 0 spiro atoms. The molecule has 4 heteroatoms. The zero-order valence-electron chi connectivity index (χ0n) is 11.2. The predicted molar refractivity (Wildman–Crippen MR) is 70.0 cm³/mol. The van der Waals surface area contributed by atoms with Gasteiger partial charge in [-0.05, 0) is 26.3 Å². The summed E-state index contributed by atoms with van der Waals surface area (Å²) < 4.78 is 2.14. The van der Waals surface area contributed by atoms with E-state index in [9.17, 15) is 0 Å². The maximum Gasteiger partial charge on any atom is 0.0625 e. The van der Waals surface area contributed by atoms with Crippen LogP contribution in [0.2, 0.25) is 0 Å². The van der Waals surface area contributed by atoms with E-state index < -0.39 is 0 Å². The number of rotatable bonds is 4. The molecule has 1 aliphatic rings. The van der Waals surface area contributed by atoms with Gasteiger partial charge in [0.1, 0.15) is 0 Å². The molecule has 1 atom stereocenters. The summed E-state index contributed by atoms with van der Waals surface area (Å²) in [5.41, 5.74) is 2.57. The molecule has 4 nitrogen and oxygen atoms in total. The van der Waals surface area contributed by atoms with E-state index in [1.807, 2.05) is 0 Å². The highest BCUT2D eigenvalue weighted by atomic mass is 15.3. The van der Waals surface area contributed by atoms with E-state index in [0.717, 1.165) is 39.1 Å². The van der Waals surface area contributed by atoms with Crippen LogP contribution in [-0.4, -0.2) is 40.4 Å². The highest BCUT2D eigenvalue weighted by Gasteiger charge is 2.17. The van der Waals surface area contributed by atoms with Gasteiger partial charge in [0.05, 0.1) is 11.4 Å². The Hall–Kier alpha value is -0.870. The Morgan fingerprint density at radius 3 is 2.94 bits per heavy atom. The van der Waals surface area contributed by atoms with E-state index in [4.69, 9.17) is 0 Å². The molecule has 0 unspecified atom stereocenters. The lowest BCUT2D eigenvalue weighted by molar-refractivity contribution is 0.194. The molecule has 0 aliphatic carbocycles. The summed E-state index contributed by atoms with van der Waals surface area (Å²) in [4.78, 5) is 2.52. The number of aromatic nitrogens is 2. The molecule has 1 fully saturated rings. The third-order valence-electron chi connectivity index (χ3n) is 3.41. The molecule has 0 saturated carbocycles.